The molecule has 1 saturated heterocycles. The lowest BCUT2D eigenvalue weighted by Crippen LogP contribution is -2.62. The minimum atomic E-state index is -1.93. The fraction of sp³-hybridized carbons (Fsp3) is 0.857. The maximum atomic E-state index is 11.8. The van der Waals surface area contributed by atoms with Crippen LogP contribution < -0.4 is 5.32 Å². The smallest absolute Gasteiger partial charge is 0.229 e. The molecule has 0 saturated carbocycles. The highest BCUT2D eigenvalue weighted by Gasteiger charge is 2.48. The molecule has 1 unspecified atom stereocenters. The normalized spacial score (nSPS) is 24.2. The summed E-state index contributed by atoms with van der Waals surface area (Å²) in [4.78, 5) is 23.4. The summed E-state index contributed by atoms with van der Waals surface area (Å²) in [5.41, 5.74) is 0. The topological polar surface area (TPSA) is 64.6 Å². The molecule has 3 atom stereocenters. The summed E-state index contributed by atoms with van der Waals surface area (Å²) in [6, 6.07) is 0. The number of nitrogens with one attached hydrogen (secondary N) is 1. The Morgan fingerprint density at radius 2 is 2.00 bits per heavy atom. The van der Waals surface area contributed by atoms with Crippen LogP contribution in [0.3, 0.4) is 0 Å². The van der Waals surface area contributed by atoms with Crippen LogP contribution in [-0.4, -0.2) is 44.5 Å². The zero-order valence-corrected chi connectivity index (χ0v) is 15.8. The molecule has 7 heteroatoms. The van der Waals surface area contributed by atoms with Gasteiger partial charge in [0.15, 0.2) is 8.32 Å². The maximum Gasteiger partial charge on any atom is 0.229 e. The molecule has 0 bridgehead atoms. The average molecular weight is 334 g/mol. The highest BCUT2D eigenvalue weighted by Crippen LogP contribution is 2.40. The lowest BCUT2D eigenvalue weighted by Gasteiger charge is -2.44. The van der Waals surface area contributed by atoms with Crippen molar-refractivity contribution in [2.24, 2.45) is 5.92 Å². The number of carbonyl (C=O) groups is 2. The van der Waals surface area contributed by atoms with Gasteiger partial charge in [-0.15, -0.1) is 0 Å². The van der Waals surface area contributed by atoms with Crippen LogP contribution in [0.1, 0.15) is 27.7 Å². The van der Waals surface area contributed by atoms with Crippen molar-refractivity contribution >= 4 is 31.1 Å². The van der Waals surface area contributed by atoms with Crippen LogP contribution in [0.5, 0.6) is 0 Å². The quantitative estimate of drug-likeness (QED) is 0.597. The Morgan fingerprint density at radius 3 is 2.43 bits per heavy atom. The Hall–Kier alpha value is -0.373. The monoisotopic (exact) mass is 333 g/mol. The molecule has 0 aromatic carbocycles. The molecular formula is C14H27NO4SSi. The van der Waals surface area contributed by atoms with Crippen LogP contribution in [0.2, 0.25) is 18.1 Å². The number of thioether (sulfide) groups is 1. The van der Waals surface area contributed by atoms with Crippen LogP contribution >= 0.6 is 11.8 Å². The largest absolute Gasteiger partial charge is 0.413 e. The number of carbonyl (C=O) groups excluding carboxylic acids is 2. The van der Waals surface area contributed by atoms with Crippen LogP contribution in [0.25, 0.3) is 0 Å². The summed E-state index contributed by atoms with van der Waals surface area (Å²) in [5.74, 6) is -0.311. The number of hydrogen-bond acceptors (Lipinski definition) is 5. The van der Waals surface area contributed by atoms with Crippen molar-refractivity contribution in [3.05, 3.63) is 0 Å². The molecule has 5 nitrogen and oxygen atoms in total. The van der Waals surface area contributed by atoms with E-state index < -0.39 is 8.32 Å². The number of methoxy groups -OCH3 is 1. The third kappa shape index (κ3) is 4.55. The van der Waals surface area contributed by atoms with Crippen molar-refractivity contribution < 1.29 is 18.8 Å². The van der Waals surface area contributed by atoms with Crippen LogP contribution in [0.15, 0.2) is 0 Å². The Balaban J connectivity index is 2.65. The minimum absolute atomic E-state index is 0.0380. The van der Waals surface area contributed by atoms with Gasteiger partial charge in [0.2, 0.25) is 11.0 Å². The highest BCUT2D eigenvalue weighted by molar-refractivity contribution is 8.14. The van der Waals surface area contributed by atoms with Gasteiger partial charge in [-0.1, -0.05) is 32.5 Å². The van der Waals surface area contributed by atoms with E-state index >= 15 is 0 Å². The predicted octanol–water partition coefficient (Wildman–Crippen LogP) is 2.38. The van der Waals surface area contributed by atoms with E-state index in [-0.39, 0.29) is 40.1 Å². The standard InChI is InChI=1S/C14H27NO4SSi/c1-9(19-21(6,7)14(2,3)4)11-12(17)15-13(11)20-10(16)8-18-5/h9,11,13H,8H2,1-7H3,(H,15,17)/t9?,11-,13-/m1/s1. The van der Waals surface area contributed by atoms with E-state index in [1.54, 1.807) is 0 Å². The lowest BCUT2D eigenvalue weighted by molar-refractivity contribution is -0.136. The molecule has 0 aromatic rings. The zero-order valence-electron chi connectivity index (χ0n) is 14.0. The second kappa shape index (κ2) is 6.81. The summed E-state index contributed by atoms with van der Waals surface area (Å²) >= 11 is 1.12. The highest BCUT2D eigenvalue weighted by atomic mass is 32.2. The zero-order chi connectivity index (χ0) is 16.4. The number of amides is 1. The van der Waals surface area contributed by atoms with Crippen molar-refractivity contribution in [1.29, 1.82) is 0 Å². The van der Waals surface area contributed by atoms with Gasteiger partial charge in [0.1, 0.15) is 6.61 Å². The molecule has 1 heterocycles. The molecule has 122 valence electrons. The van der Waals surface area contributed by atoms with Crippen LogP contribution in [0.4, 0.5) is 0 Å². The van der Waals surface area contributed by atoms with E-state index in [0.717, 1.165) is 11.8 Å². The first-order valence-electron chi connectivity index (χ1n) is 7.16. The third-order valence-electron chi connectivity index (χ3n) is 4.23. The first-order valence-corrected chi connectivity index (χ1v) is 10.9. The van der Waals surface area contributed by atoms with Gasteiger partial charge in [-0.25, -0.2) is 0 Å². The van der Waals surface area contributed by atoms with E-state index in [2.05, 4.69) is 39.2 Å². The van der Waals surface area contributed by atoms with E-state index in [1.807, 2.05) is 6.92 Å². The van der Waals surface area contributed by atoms with Crippen molar-refractivity contribution in [3.8, 4) is 0 Å². The summed E-state index contributed by atoms with van der Waals surface area (Å²) in [5, 5.41) is 2.58. The van der Waals surface area contributed by atoms with E-state index in [1.165, 1.54) is 7.11 Å². The molecule has 0 aliphatic carbocycles. The molecule has 1 aliphatic rings. The number of β-lactam (4-membered cyclic amide) rings is 1. The number of ether oxygens (including phenoxy) is 1. The Labute approximate surface area is 132 Å². The number of hydrogen-bond donors (Lipinski definition) is 1. The van der Waals surface area contributed by atoms with Crippen molar-refractivity contribution in [2.75, 3.05) is 13.7 Å². The van der Waals surface area contributed by atoms with Crippen molar-refractivity contribution in [1.82, 2.24) is 5.32 Å². The predicted molar refractivity (Wildman–Crippen MR) is 87.6 cm³/mol. The average Bonchev–Trinajstić information content (AvgIpc) is 2.25. The van der Waals surface area contributed by atoms with E-state index in [9.17, 15) is 9.59 Å². The molecule has 1 rings (SSSR count). The van der Waals surface area contributed by atoms with Gasteiger partial charge in [-0.2, -0.15) is 0 Å². The second-order valence-corrected chi connectivity index (χ2v) is 12.9. The van der Waals surface area contributed by atoms with Crippen molar-refractivity contribution in [2.45, 2.75) is 57.3 Å². The molecular weight excluding hydrogens is 306 g/mol. The SMILES string of the molecule is COCC(=O)S[C@H]1NC(=O)[C@H]1C(C)O[Si](C)(C)C(C)(C)C. The molecule has 0 radical (unpaired) electrons. The Morgan fingerprint density at radius 1 is 1.43 bits per heavy atom. The van der Waals surface area contributed by atoms with Gasteiger partial charge in [0.25, 0.3) is 0 Å². The van der Waals surface area contributed by atoms with Gasteiger partial charge >= 0.3 is 0 Å². The molecule has 1 aliphatic heterocycles. The summed E-state index contributed by atoms with van der Waals surface area (Å²) in [7, 11) is -0.442. The first-order chi connectivity index (χ1) is 9.49. The Bertz CT molecular complexity index is 408. The second-order valence-electron chi connectivity index (χ2n) is 6.96. The Kier molecular flexibility index (Phi) is 6.05. The summed E-state index contributed by atoms with van der Waals surface area (Å²) < 4.78 is 11.1. The first kappa shape index (κ1) is 18.7. The lowest BCUT2D eigenvalue weighted by atomic mass is 9.96. The molecule has 0 aromatic heterocycles. The fourth-order valence-corrected chi connectivity index (χ4v) is 4.50. The minimum Gasteiger partial charge on any atom is -0.413 e. The van der Waals surface area contributed by atoms with Gasteiger partial charge in [-0.05, 0) is 25.1 Å². The molecule has 21 heavy (non-hydrogen) atoms. The van der Waals surface area contributed by atoms with Gasteiger partial charge in [0.05, 0.1) is 17.4 Å². The van der Waals surface area contributed by atoms with E-state index in [4.69, 9.17) is 9.16 Å². The van der Waals surface area contributed by atoms with Gasteiger partial charge in [-0.3, -0.25) is 9.59 Å². The maximum absolute atomic E-state index is 11.8. The summed E-state index contributed by atoms with van der Waals surface area (Å²) in [6.45, 7) is 12.8. The fourth-order valence-electron chi connectivity index (χ4n) is 1.94. The molecule has 1 fully saturated rings. The molecule has 1 N–H and O–H groups in total. The van der Waals surface area contributed by atoms with E-state index in [0.29, 0.717) is 0 Å². The van der Waals surface area contributed by atoms with Crippen molar-refractivity contribution in [3.63, 3.8) is 0 Å². The molecule has 0 spiro atoms. The van der Waals surface area contributed by atoms with Crippen LogP contribution in [0, 0.1) is 5.92 Å². The van der Waals surface area contributed by atoms with Gasteiger partial charge in [0, 0.05) is 7.11 Å². The van der Waals surface area contributed by atoms with Crippen LogP contribution in [-0.2, 0) is 18.8 Å². The number of rotatable bonds is 6. The van der Waals surface area contributed by atoms with Gasteiger partial charge < -0.3 is 14.5 Å². The summed E-state index contributed by atoms with van der Waals surface area (Å²) in [6.07, 6.45) is -0.188. The third-order valence-corrected chi connectivity index (χ3v) is 9.85. The molecule has 1 amide bonds.